The summed E-state index contributed by atoms with van der Waals surface area (Å²) in [5.41, 5.74) is -0.0719. The Kier molecular flexibility index (Phi) is 2.56. The SMILES string of the molecule is O=S1(=O)CCC(O)(Cc2ccccc2)C1. The Morgan fingerprint density at radius 1 is 1.27 bits per heavy atom. The van der Waals surface area contributed by atoms with Crippen LogP contribution in [0, 0.1) is 0 Å². The molecule has 1 heterocycles. The van der Waals surface area contributed by atoms with E-state index in [1.165, 1.54) is 0 Å². The van der Waals surface area contributed by atoms with Gasteiger partial charge in [-0.3, -0.25) is 0 Å². The van der Waals surface area contributed by atoms with E-state index in [0.29, 0.717) is 12.8 Å². The van der Waals surface area contributed by atoms with Crippen molar-refractivity contribution in [3.63, 3.8) is 0 Å². The van der Waals surface area contributed by atoms with Gasteiger partial charge in [0.25, 0.3) is 0 Å². The van der Waals surface area contributed by atoms with Crippen molar-refractivity contribution < 1.29 is 13.5 Å². The molecule has 1 saturated heterocycles. The minimum atomic E-state index is -3.02. The molecule has 1 N–H and O–H groups in total. The first-order valence-electron chi connectivity index (χ1n) is 4.96. The molecule has 1 fully saturated rings. The van der Waals surface area contributed by atoms with Crippen LogP contribution in [0.2, 0.25) is 0 Å². The standard InChI is InChI=1S/C11H14O3S/c12-11(6-7-15(13,14)9-11)8-10-4-2-1-3-5-10/h1-5,12H,6-9H2. The molecule has 1 aliphatic rings. The minimum Gasteiger partial charge on any atom is -0.388 e. The largest absolute Gasteiger partial charge is 0.388 e. The predicted octanol–water partition coefficient (Wildman–Crippen LogP) is 0.779. The lowest BCUT2D eigenvalue weighted by atomic mass is 9.94. The van der Waals surface area contributed by atoms with E-state index in [1.807, 2.05) is 30.3 Å². The number of hydrogen-bond acceptors (Lipinski definition) is 3. The van der Waals surface area contributed by atoms with Gasteiger partial charge in [0.1, 0.15) is 0 Å². The lowest BCUT2D eigenvalue weighted by molar-refractivity contribution is 0.0682. The fraction of sp³-hybridized carbons (Fsp3) is 0.455. The zero-order valence-corrected chi connectivity index (χ0v) is 9.20. The Labute approximate surface area is 89.7 Å². The molecule has 0 aromatic heterocycles. The van der Waals surface area contributed by atoms with Gasteiger partial charge in [0.05, 0.1) is 17.1 Å². The molecule has 0 radical (unpaired) electrons. The zero-order valence-electron chi connectivity index (χ0n) is 8.39. The predicted molar refractivity (Wildman–Crippen MR) is 58.4 cm³/mol. The number of aliphatic hydroxyl groups is 1. The van der Waals surface area contributed by atoms with Gasteiger partial charge in [-0.05, 0) is 12.0 Å². The number of sulfone groups is 1. The molecule has 0 bridgehead atoms. The molecular weight excluding hydrogens is 212 g/mol. The second-order valence-electron chi connectivity index (χ2n) is 4.23. The summed E-state index contributed by atoms with van der Waals surface area (Å²) in [6.45, 7) is 0. The normalized spacial score (nSPS) is 29.1. The maximum Gasteiger partial charge on any atom is 0.153 e. The smallest absolute Gasteiger partial charge is 0.153 e. The third-order valence-corrected chi connectivity index (χ3v) is 4.55. The summed E-state index contributed by atoms with van der Waals surface area (Å²) >= 11 is 0. The molecule has 3 nitrogen and oxygen atoms in total. The average molecular weight is 226 g/mol. The Morgan fingerprint density at radius 3 is 2.47 bits per heavy atom. The van der Waals surface area contributed by atoms with Crippen molar-refractivity contribution in [1.82, 2.24) is 0 Å². The van der Waals surface area contributed by atoms with Gasteiger partial charge in [-0.1, -0.05) is 30.3 Å². The highest BCUT2D eigenvalue weighted by Gasteiger charge is 2.40. The highest BCUT2D eigenvalue weighted by Crippen LogP contribution is 2.26. The third kappa shape index (κ3) is 2.58. The van der Waals surface area contributed by atoms with Crippen LogP contribution in [0.4, 0.5) is 0 Å². The number of rotatable bonds is 2. The van der Waals surface area contributed by atoms with E-state index in [2.05, 4.69) is 0 Å². The molecule has 0 amide bonds. The molecule has 4 heteroatoms. The molecule has 1 atom stereocenters. The van der Waals surface area contributed by atoms with Crippen molar-refractivity contribution in [3.05, 3.63) is 35.9 Å². The van der Waals surface area contributed by atoms with Crippen molar-refractivity contribution >= 4 is 9.84 Å². The topological polar surface area (TPSA) is 54.4 Å². The summed E-state index contributed by atoms with van der Waals surface area (Å²) in [5.74, 6) is 0.00519. The van der Waals surface area contributed by atoms with Crippen LogP contribution < -0.4 is 0 Å². The summed E-state index contributed by atoms with van der Waals surface area (Å²) in [6, 6.07) is 9.50. The highest BCUT2D eigenvalue weighted by atomic mass is 32.2. The lowest BCUT2D eigenvalue weighted by Gasteiger charge is -2.20. The van der Waals surface area contributed by atoms with Crippen LogP contribution >= 0.6 is 0 Å². The Hall–Kier alpha value is -0.870. The lowest BCUT2D eigenvalue weighted by Crippen LogP contribution is -2.32. The average Bonchev–Trinajstić information content (AvgIpc) is 2.42. The molecule has 1 aromatic rings. The number of benzene rings is 1. The van der Waals surface area contributed by atoms with Gasteiger partial charge in [0.2, 0.25) is 0 Å². The first-order chi connectivity index (χ1) is 6.99. The molecule has 15 heavy (non-hydrogen) atoms. The van der Waals surface area contributed by atoms with Crippen molar-refractivity contribution in [3.8, 4) is 0 Å². The van der Waals surface area contributed by atoms with Crippen LogP contribution in [-0.4, -0.2) is 30.6 Å². The summed E-state index contributed by atoms with van der Waals surface area (Å²) in [4.78, 5) is 0. The van der Waals surface area contributed by atoms with Crippen LogP contribution in [0.25, 0.3) is 0 Å². The quantitative estimate of drug-likeness (QED) is 0.810. The first kappa shape index (κ1) is 10.6. The van der Waals surface area contributed by atoms with E-state index in [1.54, 1.807) is 0 Å². The van der Waals surface area contributed by atoms with Gasteiger partial charge in [-0.25, -0.2) is 8.42 Å². The van der Waals surface area contributed by atoms with Crippen LogP contribution in [0.5, 0.6) is 0 Å². The molecule has 0 aliphatic carbocycles. The molecule has 1 aliphatic heterocycles. The molecule has 2 rings (SSSR count). The molecule has 0 spiro atoms. The highest BCUT2D eigenvalue weighted by molar-refractivity contribution is 7.91. The van der Waals surface area contributed by atoms with Crippen LogP contribution in [-0.2, 0) is 16.3 Å². The summed E-state index contributed by atoms with van der Waals surface area (Å²) in [6.07, 6.45) is 0.775. The fourth-order valence-corrected chi connectivity index (χ4v) is 3.91. The van der Waals surface area contributed by atoms with Crippen LogP contribution in [0.3, 0.4) is 0 Å². The van der Waals surface area contributed by atoms with Gasteiger partial charge >= 0.3 is 0 Å². The third-order valence-electron chi connectivity index (χ3n) is 2.74. The minimum absolute atomic E-state index is 0.102. The maximum atomic E-state index is 11.3. The first-order valence-corrected chi connectivity index (χ1v) is 6.78. The second-order valence-corrected chi connectivity index (χ2v) is 6.41. The van der Waals surface area contributed by atoms with E-state index in [4.69, 9.17) is 0 Å². The van der Waals surface area contributed by atoms with Crippen molar-refractivity contribution in [2.75, 3.05) is 11.5 Å². The van der Waals surface area contributed by atoms with Crippen molar-refractivity contribution in [2.45, 2.75) is 18.4 Å². The van der Waals surface area contributed by atoms with E-state index in [9.17, 15) is 13.5 Å². The Balaban J connectivity index is 2.14. The summed E-state index contributed by atoms with van der Waals surface area (Å²) < 4.78 is 22.6. The van der Waals surface area contributed by atoms with Gasteiger partial charge in [0, 0.05) is 6.42 Å². The molecule has 0 saturated carbocycles. The van der Waals surface area contributed by atoms with Gasteiger partial charge in [-0.15, -0.1) is 0 Å². The Bertz CT molecular complexity index is 438. The monoisotopic (exact) mass is 226 g/mol. The summed E-state index contributed by atoms with van der Waals surface area (Å²) in [7, 11) is -3.02. The van der Waals surface area contributed by atoms with Crippen LogP contribution in [0.1, 0.15) is 12.0 Å². The van der Waals surface area contributed by atoms with E-state index in [-0.39, 0.29) is 11.5 Å². The van der Waals surface area contributed by atoms with E-state index < -0.39 is 15.4 Å². The number of hydrogen-bond donors (Lipinski definition) is 1. The van der Waals surface area contributed by atoms with E-state index >= 15 is 0 Å². The summed E-state index contributed by atoms with van der Waals surface area (Å²) in [5, 5.41) is 10.1. The molecular formula is C11H14O3S. The van der Waals surface area contributed by atoms with Crippen molar-refractivity contribution in [1.29, 1.82) is 0 Å². The van der Waals surface area contributed by atoms with E-state index in [0.717, 1.165) is 5.56 Å². The zero-order chi connectivity index (χ0) is 10.9. The second kappa shape index (κ2) is 3.61. The van der Waals surface area contributed by atoms with Crippen LogP contribution in [0.15, 0.2) is 30.3 Å². The molecule has 1 aromatic carbocycles. The van der Waals surface area contributed by atoms with Crippen molar-refractivity contribution in [2.24, 2.45) is 0 Å². The Morgan fingerprint density at radius 2 is 1.93 bits per heavy atom. The fourth-order valence-electron chi connectivity index (χ4n) is 2.01. The van der Waals surface area contributed by atoms with Gasteiger partial charge < -0.3 is 5.11 Å². The molecule has 1 unspecified atom stereocenters. The molecule has 82 valence electrons. The maximum absolute atomic E-state index is 11.3. The van der Waals surface area contributed by atoms with Gasteiger partial charge in [0.15, 0.2) is 9.84 Å². The van der Waals surface area contributed by atoms with Gasteiger partial charge in [-0.2, -0.15) is 0 Å².